The monoisotopic (exact) mass is 376 g/mol. The summed E-state index contributed by atoms with van der Waals surface area (Å²) in [5, 5.41) is 1.97. The molecule has 1 aliphatic rings. The minimum atomic E-state index is -0.492. The Morgan fingerprint density at radius 1 is 1.04 bits per heavy atom. The van der Waals surface area contributed by atoms with Crippen LogP contribution in [0.2, 0.25) is 0 Å². The third-order valence-electron chi connectivity index (χ3n) is 5.39. The number of primary amides is 1. The van der Waals surface area contributed by atoms with Crippen molar-refractivity contribution in [3.05, 3.63) is 59.9 Å². The lowest BCUT2D eigenvalue weighted by Gasteiger charge is -2.14. The summed E-state index contributed by atoms with van der Waals surface area (Å²) < 4.78 is 11.2. The Hall–Kier alpha value is -3.08. The molecular formula is C23H24N2O3. The van der Waals surface area contributed by atoms with E-state index < -0.39 is 5.91 Å². The number of nitrogens with zero attached hydrogens (tertiary/aromatic N) is 1. The predicted octanol–water partition coefficient (Wildman–Crippen LogP) is 4.87. The van der Waals surface area contributed by atoms with Gasteiger partial charge in [-0.05, 0) is 60.2 Å². The van der Waals surface area contributed by atoms with E-state index in [1.807, 2.05) is 42.5 Å². The SMILES string of the molecule is COc1ccc(Oc2ccc3cc(C(N)=O)nc(CC4CCCC4)c3c2)cc1. The number of hydrogen-bond acceptors (Lipinski definition) is 4. The zero-order chi connectivity index (χ0) is 19.5. The smallest absolute Gasteiger partial charge is 0.267 e. The number of fused-ring (bicyclic) bond motifs is 1. The number of pyridine rings is 1. The fourth-order valence-electron chi connectivity index (χ4n) is 3.91. The van der Waals surface area contributed by atoms with E-state index in [9.17, 15) is 4.79 Å². The number of hydrogen-bond donors (Lipinski definition) is 1. The molecule has 1 saturated carbocycles. The molecule has 0 radical (unpaired) electrons. The first-order valence-electron chi connectivity index (χ1n) is 9.68. The average molecular weight is 376 g/mol. The normalized spacial score (nSPS) is 14.3. The number of rotatable bonds is 6. The molecule has 1 heterocycles. The van der Waals surface area contributed by atoms with Crippen molar-refractivity contribution < 1.29 is 14.3 Å². The second kappa shape index (κ2) is 7.89. The first-order chi connectivity index (χ1) is 13.6. The molecule has 0 unspecified atom stereocenters. The first-order valence-corrected chi connectivity index (χ1v) is 9.68. The van der Waals surface area contributed by atoms with Gasteiger partial charge in [-0.1, -0.05) is 31.7 Å². The number of amides is 1. The van der Waals surface area contributed by atoms with Crippen molar-refractivity contribution in [2.75, 3.05) is 7.11 Å². The van der Waals surface area contributed by atoms with Crippen LogP contribution >= 0.6 is 0 Å². The number of carbonyl (C=O) groups excluding carboxylic acids is 1. The van der Waals surface area contributed by atoms with E-state index >= 15 is 0 Å². The van der Waals surface area contributed by atoms with E-state index in [2.05, 4.69) is 4.98 Å². The van der Waals surface area contributed by atoms with Crippen LogP contribution in [-0.4, -0.2) is 18.0 Å². The van der Waals surface area contributed by atoms with Crippen molar-refractivity contribution in [3.8, 4) is 17.2 Å². The van der Waals surface area contributed by atoms with Gasteiger partial charge < -0.3 is 15.2 Å². The highest BCUT2D eigenvalue weighted by molar-refractivity contribution is 5.96. The molecule has 1 aromatic heterocycles. The summed E-state index contributed by atoms with van der Waals surface area (Å²) in [5.41, 5.74) is 6.75. The number of benzene rings is 2. The van der Waals surface area contributed by atoms with Gasteiger partial charge in [-0.2, -0.15) is 0 Å². The zero-order valence-electron chi connectivity index (χ0n) is 16.0. The molecule has 2 N–H and O–H groups in total. The van der Waals surface area contributed by atoms with Gasteiger partial charge in [-0.15, -0.1) is 0 Å². The molecule has 0 spiro atoms. The maximum atomic E-state index is 11.7. The summed E-state index contributed by atoms with van der Waals surface area (Å²) in [4.78, 5) is 16.3. The lowest BCUT2D eigenvalue weighted by molar-refractivity contribution is 0.0995. The van der Waals surface area contributed by atoms with E-state index in [0.717, 1.165) is 40.1 Å². The molecule has 0 saturated heterocycles. The lowest BCUT2D eigenvalue weighted by atomic mass is 9.97. The fourth-order valence-corrected chi connectivity index (χ4v) is 3.91. The van der Waals surface area contributed by atoms with E-state index in [1.165, 1.54) is 25.7 Å². The highest BCUT2D eigenvalue weighted by atomic mass is 16.5. The number of nitrogens with two attached hydrogens (primary N) is 1. The Bertz CT molecular complexity index is 993. The molecule has 144 valence electrons. The van der Waals surface area contributed by atoms with Gasteiger partial charge in [-0.25, -0.2) is 4.98 Å². The van der Waals surface area contributed by atoms with E-state index in [1.54, 1.807) is 13.2 Å². The molecule has 1 fully saturated rings. The molecule has 1 amide bonds. The number of carbonyl (C=O) groups is 1. The second-order valence-corrected chi connectivity index (χ2v) is 7.33. The van der Waals surface area contributed by atoms with Crippen LogP contribution in [0, 0.1) is 5.92 Å². The van der Waals surface area contributed by atoms with Crippen molar-refractivity contribution in [2.24, 2.45) is 11.7 Å². The summed E-state index contributed by atoms with van der Waals surface area (Å²) >= 11 is 0. The molecule has 3 aromatic rings. The van der Waals surface area contributed by atoms with Crippen molar-refractivity contribution in [1.29, 1.82) is 0 Å². The van der Waals surface area contributed by atoms with Crippen LogP contribution in [0.15, 0.2) is 48.5 Å². The predicted molar refractivity (Wildman–Crippen MR) is 109 cm³/mol. The largest absolute Gasteiger partial charge is 0.497 e. The number of methoxy groups -OCH3 is 1. The van der Waals surface area contributed by atoms with Crippen LogP contribution in [-0.2, 0) is 6.42 Å². The van der Waals surface area contributed by atoms with Gasteiger partial charge >= 0.3 is 0 Å². The quantitative estimate of drug-likeness (QED) is 0.666. The van der Waals surface area contributed by atoms with Crippen molar-refractivity contribution in [3.63, 3.8) is 0 Å². The third kappa shape index (κ3) is 3.93. The fraction of sp³-hybridized carbons (Fsp3) is 0.304. The van der Waals surface area contributed by atoms with Crippen LogP contribution in [0.25, 0.3) is 10.8 Å². The Balaban J connectivity index is 1.69. The molecule has 5 heteroatoms. The van der Waals surface area contributed by atoms with Crippen LogP contribution < -0.4 is 15.2 Å². The summed E-state index contributed by atoms with van der Waals surface area (Å²) in [6, 6.07) is 15.1. The summed E-state index contributed by atoms with van der Waals surface area (Å²) in [6.45, 7) is 0. The van der Waals surface area contributed by atoms with E-state index in [4.69, 9.17) is 15.2 Å². The lowest BCUT2D eigenvalue weighted by Crippen LogP contribution is -2.15. The zero-order valence-corrected chi connectivity index (χ0v) is 16.0. The minimum Gasteiger partial charge on any atom is -0.497 e. The molecule has 4 rings (SSSR count). The number of ether oxygens (including phenoxy) is 2. The molecular weight excluding hydrogens is 352 g/mol. The van der Waals surface area contributed by atoms with Gasteiger partial charge in [0, 0.05) is 11.1 Å². The Kier molecular flexibility index (Phi) is 5.15. The van der Waals surface area contributed by atoms with Gasteiger partial charge in [0.05, 0.1) is 7.11 Å². The summed E-state index contributed by atoms with van der Waals surface area (Å²) in [5.74, 6) is 2.38. The Labute approximate surface area is 164 Å². The van der Waals surface area contributed by atoms with Gasteiger partial charge in [-0.3, -0.25) is 4.79 Å². The maximum absolute atomic E-state index is 11.7. The third-order valence-corrected chi connectivity index (χ3v) is 5.39. The first kappa shape index (κ1) is 18.3. The highest BCUT2D eigenvalue weighted by Gasteiger charge is 2.19. The molecule has 2 aromatic carbocycles. The molecule has 5 nitrogen and oxygen atoms in total. The number of aromatic nitrogens is 1. The maximum Gasteiger partial charge on any atom is 0.267 e. The van der Waals surface area contributed by atoms with E-state index in [0.29, 0.717) is 11.6 Å². The second-order valence-electron chi connectivity index (χ2n) is 7.33. The Morgan fingerprint density at radius 3 is 2.39 bits per heavy atom. The van der Waals surface area contributed by atoms with Crippen molar-refractivity contribution >= 4 is 16.7 Å². The highest BCUT2D eigenvalue weighted by Crippen LogP contribution is 2.32. The topological polar surface area (TPSA) is 74.4 Å². The Morgan fingerprint density at radius 2 is 1.71 bits per heavy atom. The summed E-state index contributed by atoms with van der Waals surface area (Å²) in [6.07, 6.45) is 5.83. The molecule has 1 aliphatic carbocycles. The van der Waals surface area contributed by atoms with Gasteiger partial charge in [0.25, 0.3) is 5.91 Å². The summed E-state index contributed by atoms with van der Waals surface area (Å²) in [7, 11) is 1.64. The van der Waals surface area contributed by atoms with Gasteiger partial charge in [0.15, 0.2) is 0 Å². The minimum absolute atomic E-state index is 0.323. The molecule has 0 bridgehead atoms. The van der Waals surface area contributed by atoms with E-state index in [-0.39, 0.29) is 0 Å². The van der Waals surface area contributed by atoms with Crippen molar-refractivity contribution in [2.45, 2.75) is 32.1 Å². The van der Waals surface area contributed by atoms with Gasteiger partial charge in [0.1, 0.15) is 22.9 Å². The molecule has 28 heavy (non-hydrogen) atoms. The van der Waals surface area contributed by atoms with Crippen LogP contribution in [0.1, 0.15) is 41.9 Å². The van der Waals surface area contributed by atoms with Crippen LogP contribution in [0.3, 0.4) is 0 Å². The molecule has 0 aliphatic heterocycles. The average Bonchev–Trinajstić information content (AvgIpc) is 3.22. The van der Waals surface area contributed by atoms with Crippen LogP contribution in [0.4, 0.5) is 0 Å². The van der Waals surface area contributed by atoms with Gasteiger partial charge in [0.2, 0.25) is 0 Å². The standard InChI is InChI=1S/C23H24N2O3/c1-27-17-8-10-18(11-9-17)28-19-7-6-16-13-22(23(24)26)25-21(20(16)14-19)12-15-4-2-3-5-15/h6-11,13-15H,2-5,12H2,1H3,(H2,24,26). The van der Waals surface area contributed by atoms with Crippen LogP contribution in [0.5, 0.6) is 17.2 Å². The van der Waals surface area contributed by atoms with Crippen molar-refractivity contribution in [1.82, 2.24) is 4.98 Å². The molecule has 0 atom stereocenters.